The van der Waals surface area contributed by atoms with E-state index in [0.717, 1.165) is 32.0 Å². The van der Waals surface area contributed by atoms with Gasteiger partial charge in [-0.1, -0.05) is 0 Å². The molecule has 0 spiro atoms. The predicted octanol–water partition coefficient (Wildman–Crippen LogP) is 1.63. The largest absolute Gasteiger partial charge is 0.385 e. The summed E-state index contributed by atoms with van der Waals surface area (Å²) in [7, 11) is 1.74. The third kappa shape index (κ3) is 3.74. The fourth-order valence-corrected chi connectivity index (χ4v) is 1.97. The Morgan fingerprint density at radius 2 is 2.25 bits per heavy atom. The Hall–Kier alpha value is 0.210. The van der Waals surface area contributed by atoms with Gasteiger partial charge in [-0.25, -0.2) is 0 Å². The Morgan fingerprint density at radius 1 is 1.50 bits per heavy atom. The van der Waals surface area contributed by atoms with E-state index in [0.29, 0.717) is 5.38 Å². The molecule has 0 atom stereocenters. The summed E-state index contributed by atoms with van der Waals surface area (Å²) in [6, 6.07) is 0. The molecule has 1 saturated carbocycles. The number of rotatable bonds is 6. The fourth-order valence-electron chi connectivity index (χ4n) is 1.47. The first kappa shape index (κ1) is 10.3. The number of alkyl halides is 1. The Labute approximate surface area is 79.6 Å². The van der Waals surface area contributed by atoms with Crippen LogP contribution in [0.5, 0.6) is 0 Å². The highest BCUT2D eigenvalue weighted by atomic mass is 35.5. The minimum atomic E-state index is 0.454. The summed E-state index contributed by atoms with van der Waals surface area (Å²) in [5.74, 6) is 0.829. The van der Waals surface area contributed by atoms with Gasteiger partial charge in [-0.3, -0.25) is 0 Å². The van der Waals surface area contributed by atoms with E-state index in [4.69, 9.17) is 16.3 Å². The van der Waals surface area contributed by atoms with Crippen molar-refractivity contribution >= 4 is 11.6 Å². The second-order valence-electron chi connectivity index (χ2n) is 3.49. The van der Waals surface area contributed by atoms with Crippen LogP contribution in [0.4, 0.5) is 0 Å². The van der Waals surface area contributed by atoms with Crippen molar-refractivity contribution in [2.24, 2.45) is 5.92 Å². The summed E-state index contributed by atoms with van der Waals surface area (Å²) in [5, 5.41) is 3.86. The topological polar surface area (TPSA) is 21.3 Å². The molecule has 1 N–H and O–H groups in total. The molecule has 0 saturated heterocycles. The van der Waals surface area contributed by atoms with E-state index in [2.05, 4.69) is 5.32 Å². The molecule has 12 heavy (non-hydrogen) atoms. The molecule has 0 aliphatic heterocycles. The minimum absolute atomic E-state index is 0.454. The molecule has 1 rings (SSSR count). The van der Waals surface area contributed by atoms with Gasteiger partial charge in [-0.05, 0) is 38.3 Å². The SMILES string of the molecule is COCCCNCC1CC(Cl)C1. The number of methoxy groups -OCH3 is 1. The van der Waals surface area contributed by atoms with Crippen molar-refractivity contribution in [3.8, 4) is 0 Å². The highest BCUT2D eigenvalue weighted by Crippen LogP contribution is 2.30. The van der Waals surface area contributed by atoms with E-state index < -0.39 is 0 Å². The molecule has 0 heterocycles. The molecule has 72 valence electrons. The van der Waals surface area contributed by atoms with Crippen molar-refractivity contribution in [2.45, 2.75) is 24.6 Å². The molecule has 1 fully saturated rings. The van der Waals surface area contributed by atoms with E-state index in [1.165, 1.54) is 12.8 Å². The van der Waals surface area contributed by atoms with Gasteiger partial charge >= 0.3 is 0 Å². The Balaban J connectivity index is 1.77. The highest BCUT2D eigenvalue weighted by Gasteiger charge is 2.26. The second kappa shape index (κ2) is 5.79. The van der Waals surface area contributed by atoms with Crippen molar-refractivity contribution in [1.29, 1.82) is 0 Å². The molecule has 0 radical (unpaired) electrons. The highest BCUT2D eigenvalue weighted by molar-refractivity contribution is 6.21. The number of hydrogen-bond donors (Lipinski definition) is 1. The lowest BCUT2D eigenvalue weighted by Crippen LogP contribution is -2.34. The first-order valence-electron chi connectivity index (χ1n) is 4.66. The number of ether oxygens (including phenoxy) is 1. The Bertz CT molecular complexity index is 115. The van der Waals surface area contributed by atoms with Crippen LogP contribution in [0, 0.1) is 5.92 Å². The van der Waals surface area contributed by atoms with Crippen molar-refractivity contribution in [2.75, 3.05) is 26.8 Å². The third-order valence-electron chi connectivity index (χ3n) is 2.31. The molecule has 0 unspecified atom stereocenters. The van der Waals surface area contributed by atoms with Crippen molar-refractivity contribution < 1.29 is 4.74 Å². The summed E-state index contributed by atoms with van der Waals surface area (Å²) >= 11 is 5.86. The van der Waals surface area contributed by atoms with Crippen LogP contribution in [-0.2, 0) is 4.74 Å². The fraction of sp³-hybridized carbons (Fsp3) is 1.00. The van der Waals surface area contributed by atoms with Gasteiger partial charge in [0, 0.05) is 19.1 Å². The normalized spacial score (nSPS) is 28.5. The molecular weight excluding hydrogens is 174 g/mol. The van der Waals surface area contributed by atoms with Crippen LogP contribution in [0.2, 0.25) is 0 Å². The minimum Gasteiger partial charge on any atom is -0.385 e. The van der Waals surface area contributed by atoms with E-state index in [1.807, 2.05) is 0 Å². The summed E-state index contributed by atoms with van der Waals surface area (Å²) in [4.78, 5) is 0. The van der Waals surface area contributed by atoms with Gasteiger partial charge in [0.15, 0.2) is 0 Å². The molecule has 2 nitrogen and oxygen atoms in total. The maximum atomic E-state index is 5.86. The molecule has 0 amide bonds. The molecule has 0 aromatic heterocycles. The van der Waals surface area contributed by atoms with E-state index in [-0.39, 0.29) is 0 Å². The zero-order chi connectivity index (χ0) is 8.81. The van der Waals surface area contributed by atoms with Gasteiger partial charge in [-0.15, -0.1) is 11.6 Å². The van der Waals surface area contributed by atoms with Crippen molar-refractivity contribution in [3.63, 3.8) is 0 Å². The molecule has 0 bridgehead atoms. The van der Waals surface area contributed by atoms with Crippen LogP contribution >= 0.6 is 11.6 Å². The van der Waals surface area contributed by atoms with Gasteiger partial charge in [-0.2, -0.15) is 0 Å². The maximum absolute atomic E-state index is 5.86. The zero-order valence-corrected chi connectivity index (χ0v) is 8.44. The maximum Gasteiger partial charge on any atom is 0.0474 e. The van der Waals surface area contributed by atoms with Gasteiger partial charge in [0.1, 0.15) is 0 Å². The average Bonchev–Trinajstić information content (AvgIpc) is 2.00. The van der Waals surface area contributed by atoms with Gasteiger partial charge in [0.05, 0.1) is 0 Å². The van der Waals surface area contributed by atoms with Crippen LogP contribution in [0.25, 0.3) is 0 Å². The van der Waals surface area contributed by atoms with Gasteiger partial charge in [0.2, 0.25) is 0 Å². The summed E-state index contributed by atoms with van der Waals surface area (Å²) in [6.07, 6.45) is 3.49. The monoisotopic (exact) mass is 191 g/mol. The summed E-state index contributed by atoms with van der Waals surface area (Å²) < 4.78 is 4.95. The molecule has 0 aromatic rings. The van der Waals surface area contributed by atoms with Crippen LogP contribution in [-0.4, -0.2) is 32.2 Å². The predicted molar refractivity (Wildman–Crippen MR) is 51.7 cm³/mol. The molecule has 1 aliphatic rings. The molecule has 3 heteroatoms. The van der Waals surface area contributed by atoms with Crippen LogP contribution in [0.3, 0.4) is 0 Å². The van der Waals surface area contributed by atoms with E-state index >= 15 is 0 Å². The van der Waals surface area contributed by atoms with Gasteiger partial charge < -0.3 is 10.1 Å². The standard InChI is InChI=1S/C9H18ClNO/c1-12-4-2-3-11-7-8-5-9(10)6-8/h8-9,11H,2-7H2,1H3. The first-order chi connectivity index (χ1) is 5.83. The zero-order valence-electron chi connectivity index (χ0n) is 7.68. The lowest BCUT2D eigenvalue weighted by Gasteiger charge is -2.30. The average molecular weight is 192 g/mol. The summed E-state index contributed by atoms with van der Waals surface area (Å²) in [6.45, 7) is 3.06. The van der Waals surface area contributed by atoms with Crippen molar-refractivity contribution in [1.82, 2.24) is 5.32 Å². The lowest BCUT2D eigenvalue weighted by molar-refractivity contribution is 0.192. The Morgan fingerprint density at radius 3 is 2.83 bits per heavy atom. The Kier molecular flexibility index (Phi) is 4.96. The molecular formula is C9H18ClNO. The van der Waals surface area contributed by atoms with Crippen molar-refractivity contribution in [3.05, 3.63) is 0 Å². The second-order valence-corrected chi connectivity index (χ2v) is 4.10. The number of halogens is 1. The van der Waals surface area contributed by atoms with Crippen LogP contribution in [0.1, 0.15) is 19.3 Å². The quantitative estimate of drug-likeness (QED) is 0.509. The number of hydrogen-bond acceptors (Lipinski definition) is 2. The lowest BCUT2D eigenvalue weighted by atomic mass is 9.85. The van der Waals surface area contributed by atoms with Crippen LogP contribution < -0.4 is 5.32 Å². The van der Waals surface area contributed by atoms with E-state index in [9.17, 15) is 0 Å². The number of nitrogens with one attached hydrogen (secondary N) is 1. The van der Waals surface area contributed by atoms with Gasteiger partial charge in [0.25, 0.3) is 0 Å². The molecule has 1 aliphatic carbocycles. The van der Waals surface area contributed by atoms with E-state index in [1.54, 1.807) is 7.11 Å². The molecule has 0 aromatic carbocycles. The smallest absolute Gasteiger partial charge is 0.0474 e. The van der Waals surface area contributed by atoms with Crippen LogP contribution in [0.15, 0.2) is 0 Å². The summed E-state index contributed by atoms with van der Waals surface area (Å²) in [5.41, 5.74) is 0. The third-order valence-corrected chi connectivity index (χ3v) is 2.67. The first-order valence-corrected chi connectivity index (χ1v) is 5.10.